The van der Waals surface area contributed by atoms with Crippen LogP contribution in [-0.4, -0.2) is 64.9 Å². The molecular formula is C42H68NO10P. The van der Waals surface area contributed by atoms with Gasteiger partial charge in [-0.3, -0.25) is 18.6 Å². The Kier molecular flexibility index (Phi) is 34.4. The smallest absolute Gasteiger partial charge is 0.472 e. The molecule has 0 aliphatic rings. The van der Waals surface area contributed by atoms with Crippen LogP contribution in [0.2, 0.25) is 0 Å². The van der Waals surface area contributed by atoms with Gasteiger partial charge in [-0.25, -0.2) is 9.36 Å². The predicted octanol–water partition coefficient (Wildman–Crippen LogP) is 9.55. The number of allylic oxidation sites excluding steroid dienone is 14. The fraction of sp³-hybridized carbons (Fsp3) is 0.595. The summed E-state index contributed by atoms with van der Waals surface area (Å²) in [5.74, 6) is -2.50. The predicted molar refractivity (Wildman–Crippen MR) is 217 cm³/mol. The van der Waals surface area contributed by atoms with Gasteiger partial charge in [0, 0.05) is 12.8 Å². The number of rotatable bonds is 35. The van der Waals surface area contributed by atoms with Gasteiger partial charge in [-0.2, -0.15) is 0 Å². The summed E-state index contributed by atoms with van der Waals surface area (Å²) < 4.78 is 26.7. The maximum atomic E-state index is 12.3. The molecule has 0 saturated heterocycles. The topological polar surface area (TPSA) is 169 Å². The number of aliphatic hydroxyl groups is 1. The summed E-state index contributed by atoms with van der Waals surface area (Å²) in [7, 11) is -4.78. The Bertz CT molecular complexity index is 1240. The van der Waals surface area contributed by atoms with Crippen molar-refractivity contribution >= 4 is 25.7 Å². The van der Waals surface area contributed by atoms with Crippen molar-refractivity contribution in [3.05, 3.63) is 85.1 Å². The molecule has 0 heterocycles. The van der Waals surface area contributed by atoms with Crippen molar-refractivity contribution in [1.29, 1.82) is 0 Å². The molecule has 11 nitrogen and oxygen atoms in total. The number of carboxylic acid groups (broad SMARTS) is 1. The van der Waals surface area contributed by atoms with Gasteiger partial charge in [0.15, 0.2) is 6.04 Å². The van der Waals surface area contributed by atoms with E-state index < -0.39 is 57.6 Å². The number of aliphatic carboxylic acids is 1. The second-order valence-corrected chi connectivity index (χ2v) is 14.2. The summed E-state index contributed by atoms with van der Waals surface area (Å²) in [6.07, 6.45) is 43.4. The van der Waals surface area contributed by atoms with E-state index in [4.69, 9.17) is 13.8 Å². The molecule has 0 aromatic heterocycles. The van der Waals surface area contributed by atoms with E-state index >= 15 is 0 Å². The third-order valence-electron chi connectivity index (χ3n) is 7.67. The summed E-state index contributed by atoms with van der Waals surface area (Å²) in [5.41, 5.74) is 0. The summed E-state index contributed by atoms with van der Waals surface area (Å²) in [6, 6.07) is -1.58. The highest BCUT2D eigenvalue weighted by Gasteiger charge is 2.28. The lowest BCUT2D eigenvalue weighted by Gasteiger charge is -2.18. The molecule has 0 saturated carbocycles. The van der Waals surface area contributed by atoms with Crippen LogP contribution in [0, 0.1) is 0 Å². The van der Waals surface area contributed by atoms with E-state index in [2.05, 4.69) is 92.1 Å². The first kappa shape index (κ1) is 50.7. The number of amides is 1. The van der Waals surface area contributed by atoms with Gasteiger partial charge >= 0.3 is 19.8 Å². The number of phosphoric acid groups is 1. The van der Waals surface area contributed by atoms with Crippen molar-refractivity contribution in [2.45, 2.75) is 142 Å². The van der Waals surface area contributed by atoms with E-state index in [0.29, 0.717) is 19.3 Å². The SMILES string of the molecule is CC/C=C\C/C=C\C/C=C\CCCCCC(=O)OCC(O)COP(=O)(O)OCC(NC(=O)CCC/C=C\C/C=C\C/C=C\C/C=C\CCCCC)C(=O)O. The van der Waals surface area contributed by atoms with Crippen molar-refractivity contribution in [2.75, 3.05) is 19.8 Å². The normalized spacial score (nSPS) is 14.7. The van der Waals surface area contributed by atoms with E-state index in [1.807, 2.05) is 12.2 Å². The van der Waals surface area contributed by atoms with Crippen molar-refractivity contribution in [2.24, 2.45) is 0 Å². The molecule has 0 rings (SSSR count). The molecule has 3 unspecified atom stereocenters. The highest BCUT2D eigenvalue weighted by molar-refractivity contribution is 7.47. The van der Waals surface area contributed by atoms with Crippen molar-refractivity contribution in [1.82, 2.24) is 5.32 Å². The molecule has 0 spiro atoms. The van der Waals surface area contributed by atoms with Crippen LogP contribution in [0.4, 0.5) is 0 Å². The monoisotopic (exact) mass is 777 g/mol. The number of ether oxygens (including phenoxy) is 1. The van der Waals surface area contributed by atoms with Gasteiger partial charge in [0.1, 0.15) is 12.7 Å². The number of carbonyl (C=O) groups is 3. The molecule has 0 fully saturated rings. The third-order valence-corrected chi connectivity index (χ3v) is 8.62. The number of hydrogen-bond donors (Lipinski definition) is 4. The molecule has 54 heavy (non-hydrogen) atoms. The van der Waals surface area contributed by atoms with Crippen LogP contribution in [0.5, 0.6) is 0 Å². The minimum Gasteiger partial charge on any atom is -0.480 e. The first-order valence-electron chi connectivity index (χ1n) is 19.6. The highest BCUT2D eigenvalue weighted by Crippen LogP contribution is 2.43. The molecule has 0 radical (unpaired) electrons. The second kappa shape index (κ2) is 36.6. The standard InChI is InChI=1S/C42H68NO10P/c1-3-5-7-9-11-13-15-17-18-19-20-22-23-25-27-29-31-33-40(45)43-39(42(47)48)37-53-54(49,50)52-36-38(44)35-51-41(46)34-32-30-28-26-24-21-16-14-12-10-8-6-4-2/h6,8,11-14,17-18,20-22,24-25,27,38-39,44H,3-5,7,9-10,15-16,19,23,26,28-37H2,1-2H3,(H,43,45)(H,47,48)(H,49,50)/b8-6-,13-11-,14-12-,18-17-,22-20-,24-21-,27-25-. The Morgan fingerprint density at radius 3 is 1.61 bits per heavy atom. The van der Waals surface area contributed by atoms with Crippen LogP contribution in [0.3, 0.4) is 0 Å². The van der Waals surface area contributed by atoms with E-state index in [-0.39, 0.29) is 12.8 Å². The Labute approximate surface area is 324 Å². The fourth-order valence-corrected chi connectivity index (χ4v) is 5.39. The molecule has 306 valence electrons. The number of phosphoric ester groups is 1. The number of carboxylic acids is 1. The van der Waals surface area contributed by atoms with E-state index in [1.54, 1.807) is 0 Å². The van der Waals surface area contributed by atoms with Crippen LogP contribution in [0.15, 0.2) is 85.1 Å². The number of esters is 1. The molecule has 4 N–H and O–H groups in total. The van der Waals surface area contributed by atoms with Gasteiger partial charge in [0.05, 0.1) is 13.2 Å². The van der Waals surface area contributed by atoms with Gasteiger partial charge in [0.25, 0.3) is 0 Å². The lowest BCUT2D eigenvalue weighted by Crippen LogP contribution is -2.43. The minimum absolute atomic E-state index is 0.0627. The van der Waals surface area contributed by atoms with Crippen LogP contribution in [0.1, 0.15) is 129 Å². The number of nitrogens with one attached hydrogen (secondary N) is 1. The zero-order chi connectivity index (χ0) is 40.0. The fourth-order valence-electron chi connectivity index (χ4n) is 4.61. The van der Waals surface area contributed by atoms with Crippen LogP contribution in [0.25, 0.3) is 0 Å². The Morgan fingerprint density at radius 1 is 0.611 bits per heavy atom. The van der Waals surface area contributed by atoms with Gasteiger partial charge < -0.3 is 25.2 Å². The van der Waals surface area contributed by atoms with E-state index in [1.165, 1.54) is 19.3 Å². The lowest BCUT2D eigenvalue weighted by atomic mass is 10.1. The largest absolute Gasteiger partial charge is 0.480 e. The summed E-state index contributed by atoms with van der Waals surface area (Å²) in [5, 5.41) is 21.7. The third kappa shape index (κ3) is 35.7. The van der Waals surface area contributed by atoms with Crippen LogP contribution in [-0.2, 0) is 32.7 Å². The summed E-state index contributed by atoms with van der Waals surface area (Å²) in [4.78, 5) is 45.7. The van der Waals surface area contributed by atoms with Crippen molar-refractivity contribution < 1.29 is 47.8 Å². The first-order chi connectivity index (χ1) is 26.1. The average Bonchev–Trinajstić information content (AvgIpc) is 3.14. The number of hydrogen-bond acceptors (Lipinski definition) is 8. The minimum atomic E-state index is -4.78. The summed E-state index contributed by atoms with van der Waals surface area (Å²) in [6.45, 7) is 2.34. The molecule has 0 aromatic carbocycles. The Hall–Kier alpha value is -3.34. The molecular weight excluding hydrogens is 709 g/mol. The zero-order valence-corrected chi connectivity index (χ0v) is 33.6. The van der Waals surface area contributed by atoms with Crippen LogP contribution >= 0.6 is 7.82 Å². The Balaban J connectivity index is 4.10. The quantitative estimate of drug-likeness (QED) is 0.0210. The summed E-state index contributed by atoms with van der Waals surface area (Å²) >= 11 is 0. The van der Waals surface area contributed by atoms with Gasteiger partial charge in [-0.1, -0.05) is 118 Å². The molecule has 3 atom stereocenters. The average molecular weight is 778 g/mol. The highest BCUT2D eigenvalue weighted by atomic mass is 31.2. The lowest BCUT2D eigenvalue weighted by molar-refractivity contribution is -0.147. The molecule has 1 amide bonds. The second-order valence-electron chi connectivity index (χ2n) is 12.7. The van der Waals surface area contributed by atoms with Crippen LogP contribution < -0.4 is 5.32 Å². The molecule has 0 bridgehead atoms. The number of carbonyl (C=O) groups excluding carboxylic acids is 2. The van der Waals surface area contributed by atoms with E-state index in [9.17, 15) is 34.1 Å². The maximum absolute atomic E-state index is 12.3. The number of aliphatic hydroxyl groups excluding tert-OH is 1. The van der Waals surface area contributed by atoms with E-state index in [0.717, 1.165) is 64.2 Å². The van der Waals surface area contributed by atoms with Crippen molar-refractivity contribution in [3.8, 4) is 0 Å². The molecule has 12 heteroatoms. The van der Waals surface area contributed by atoms with Gasteiger partial charge in [-0.05, 0) is 83.5 Å². The maximum Gasteiger partial charge on any atom is 0.472 e. The first-order valence-corrected chi connectivity index (χ1v) is 21.1. The molecule has 0 aliphatic heterocycles. The Morgan fingerprint density at radius 2 is 1.09 bits per heavy atom. The van der Waals surface area contributed by atoms with Gasteiger partial charge in [-0.15, -0.1) is 0 Å². The zero-order valence-electron chi connectivity index (χ0n) is 32.7. The number of unbranched alkanes of at least 4 members (excludes halogenated alkanes) is 7. The van der Waals surface area contributed by atoms with Gasteiger partial charge in [0.2, 0.25) is 5.91 Å². The molecule has 0 aliphatic carbocycles. The van der Waals surface area contributed by atoms with Crippen molar-refractivity contribution in [3.63, 3.8) is 0 Å². The molecule has 0 aromatic rings.